The fourth-order valence-corrected chi connectivity index (χ4v) is 3.96. The first-order chi connectivity index (χ1) is 12.0. The van der Waals surface area contributed by atoms with Gasteiger partial charge in [0.1, 0.15) is 0 Å². The molecular weight excluding hydrogens is 314 g/mol. The second-order valence-electron chi connectivity index (χ2n) is 7.58. The molecule has 2 saturated heterocycles. The summed E-state index contributed by atoms with van der Waals surface area (Å²) in [5, 5.41) is 9.81. The molecule has 1 aromatic carbocycles. The minimum absolute atomic E-state index is 0.232. The standard InChI is InChI=1S/C20H31N3O2/c1-16-5-3-7-19(13-16)22-9-11-23(12-10-22)20(25)15-21-8-4-6-18(14-21)17(2)24/h3,5,7,13,17-18,24H,4,6,8-12,14-15H2,1-2H3. The minimum atomic E-state index is -0.282. The molecule has 25 heavy (non-hydrogen) atoms. The van der Waals surface area contributed by atoms with Gasteiger partial charge in [0.2, 0.25) is 5.91 Å². The maximum atomic E-state index is 12.6. The van der Waals surface area contributed by atoms with Gasteiger partial charge in [0, 0.05) is 38.4 Å². The number of amides is 1. The normalized spacial score (nSPS) is 23.6. The van der Waals surface area contributed by atoms with E-state index in [1.165, 1.54) is 11.3 Å². The van der Waals surface area contributed by atoms with Gasteiger partial charge in [-0.15, -0.1) is 0 Å². The van der Waals surface area contributed by atoms with Crippen LogP contribution < -0.4 is 4.90 Å². The smallest absolute Gasteiger partial charge is 0.236 e. The van der Waals surface area contributed by atoms with Crippen molar-refractivity contribution in [1.82, 2.24) is 9.80 Å². The summed E-state index contributed by atoms with van der Waals surface area (Å²) in [6.45, 7) is 9.65. The van der Waals surface area contributed by atoms with E-state index in [0.717, 1.165) is 52.1 Å². The number of aliphatic hydroxyl groups is 1. The van der Waals surface area contributed by atoms with E-state index in [4.69, 9.17) is 0 Å². The Balaban J connectivity index is 1.48. The van der Waals surface area contributed by atoms with E-state index < -0.39 is 0 Å². The van der Waals surface area contributed by atoms with Gasteiger partial charge < -0.3 is 14.9 Å². The van der Waals surface area contributed by atoms with Crippen molar-refractivity contribution >= 4 is 11.6 Å². The van der Waals surface area contributed by atoms with Gasteiger partial charge in [-0.2, -0.15) is 0 Å². The summed E-state index contributed by atoms with van der Waals surface area (Å²) in [4.78, 5) is 19.2. The Labute approximate surface area is 151 Å². The third kappa shape index (κ3) is 4.73. The number of likely N-dealkylation sites (tertiary alicyclic amines) is 1. The number of anilines is 1. The molecule has 1 aromatic rings. The lowest BCUT2D eigenvalue weighted by Gasteiger charge is -2.38. The monoisotopic (exact) mass is 345 g/mol. The van der Waals surface area contributed by atoms with Crippen molar-refractivity contribution in [3.05, 3.63) is 29.8 Å². The maximum Gasteiger partial charge on any atom is 0.236 e. The largest absolute Gasteiger partial charge is 0.393 e. The summed E-state index contributed by atoms with van der Waals surface area (Å²) >= 11 is 0. The summed E-state index contributed by atoms with van der Waals surface area (Å²) in [6, 6.07) is 8.56. The van der Waals surface area contributed by atoms with Crippen LogP contribution >= 0.6 is 0 Å². The Morgan fingerprint density at radius 3 is 2.68 bits per heavy atom. The van der Waals surface area contributed by atoms with Crippen molar-refractivity contribution in [2.45, 2.75) is 32.8 Å². The molecule has 0 spiro atoms. The quantitative estimate of drug-likeness (QED) is 0.903. The van der Waals surface area contributed by atoms with E-state index >= 15 is 0 Å². The van der Waals surface area contributed by atoms with Crippen LogP contribution in [-0.2, 0) is 4.79 Å². The molecule has 1 N–H and O–H groups in total. The second-order valence-corrected chi connectivity index (χ2v) is 7.58. The van der Waals surface area contributed by atoms with Crippen molar-refractivity contribution in [1.29, 1.82) is 0 Å². The van der Waals surface area contributed by atoms with Crippen LogP contribution in [0.4, 0.5) is 5.69 Å². The molecule has 2 atom stereocenters. The van der Waals surface area contributed by atoms with Crippen LogP contribution in [0.15, 0.2) is 24.3 Å². The average molecular weight is 345 g/mol. The summed E-state index contributed by atoms with van der Waals surface area (Å²) in [5.74, 6) is 0.537. The van der Waals surface area contributed by atoms with Gasteiger partial charge in [-0.25, -0.2) is 0 Å². The molecule has 138 valence electrons. The summed E-state index contributed by atoms with van der Waals surface area (Å²) in [6.07, 6.45) is 1.86. The van der Waals surface area contributed by atoms with Gasteiger partial charge in [-0.3, -0.25) is 9.69 Å². The second kappa shape index (κ2) is 8.19. The third-order valence-corrected chi connectivity index (χ3v) is 5.58. The van der Waals surface area contributed by atoms with E-state index in [1.807, 2.05) is 11.8 Å². The molecule has 0 saturated carbocycles. The SMILES string of the molecule is Cc1cccc(N2CCN(C(=O)CN3CCCC(C(C)O)C3)CC2)c1. The fraction of sp³-hybridized carbons (Fsp3) is 0.650. The zero-order chi connectivity index (χ0) is 17.8. The first-order valence-corrected chi connectivity index (χ1v) is 9.53. The molecule has 5 heteroatoms. The number of carbonyl (C=O) groups is 1. The van der Waals surface area contributed by atoms with Crippen molar-refractivity contribution in [2.24, 2.45) is 5.92 Å². The van der Waals surface area contributed by atoms with Gasteiger partial charge in [0.05, 0.1) is 12.6 Å². The first kappa shape index (κ1) is 18.2. The van der Waals surface area contributed by atoms with Crippen LogP contribution in [0.3, 0.4) is 0 Å². The molecule has 2 heterocycles. The fourth-order valence-electron chi connectivity index (χ4n) is 3.96. The number of hydrogen-bond donors (Lipinski definition) is 1. The highest BCUT2D eigenvalue weighted by molar-refractivity contribution is 5.78. The van der Waals surface area contributed by atoms with Crippen molar-refractivity contribution in [3.8, 4) is 0 Å². The number of aryl methyl sites for hydroxylation is 1. The van der Waals surface area contributed by atoms with Crippen LogP contribution in [0.5, 0.6) is 0 Å². The van der Waals surface area contributed by atoms with Gasteiger partial charge in [-0.1, -0.05) is 12.1 Å². The molecule has 3 rings (SSSR count). The summed E-state index contributed by atoms with van der Waals surface area (Å²) in [7, 11) is 0. The van der Waals surface area contributed by atoms with E-state index in [9.17, 15) is 9.90 Å². The molecule has 0 bridgehead atoms. The lowest BCUT2D eigenvalue weighted by molar-refractivity contribution is -0.133. The van der Waals surface area contributed by atoms with E-state index in [1.54, 1.807) is 0 Å². The Bertz CT molecular complexity index is 582. The maximum absolute atomic E-state index is 12.6. The molecule has 1 amide bonds. The Morgan fingerprint density at radius 1 is 1.24 bits per heavy atom. The average Bonchev–Trinajstić information content (AvgIpc) is 2.62. The Kier molecular flexibility index (Phi) is 5.97. The summed E-state index contributed by atoms with van der Waals surface area (Å²) in [5.41, 5.74) is 2.52. The van der Waals surface area contributed by atoms with Gasteiger partial charge in [0.15, 0.2) is 0 Å². The highest BCUT2D eigenvalue weighted by Crippen LogP contribution is 2.20. The number of aliphatic hydroxyl groups excluding tert-OH is 1. The lowest BCUT2D eigenvalue weighted by atomic mass is 9.93. The molecule has 2 aliphatic heterocycles. The van der Waals surface area contributed by atoms with Crippen LogP contribution in [0, 0.1) is 12.8 Å². The number of nitrogens with zero attached hydrogens (tertiary/aromatic N) is 3. The predicted molar refractivity (Wildman–Crippen MR) is 101 cm³/mol. The topological polar surface area (TPSA) is 47.0 Å². The number of piperidine rings is 1. The van der Waals surface area contributed by atoms with E-state index in [2.05, 4.69) is 41.0 Å². The molecule has 0 aromatic heterocycles. The molecule has 2 aliphatic rings. The number of rotatable bonds is 4. The van der Waals surface area contributed by atoms with Crippen LogP contribution in [0.2, 0.25) is 0 Å². The van der Waals surface area contributed by atoms with E-state index in [-0.39, 0.29) is 12.0 Å². The molecule has 0 radical (unpaired) electrons. The number of hydrogen-bond acceptors (Lipinski definition) is 4. The molecular formula is C20H31N3O2. The zero-order valence-electron chi connectivity index (χ0n) is 15.5. The van der Waals surface area contributed by atoms with Crippen molar-refractivity contribution in [2.75, 3.05) is 50.7 Å². The number of benzene rings is 1. The Morgan fingerprint density at radius 2 is 2.00 bits per heavy atom. The summed E-state index contributed by atoms with van der Waals surface area (Å²) < 4.78 is 0. The predicted octanol–water partition coefficient (Wildman–Crippen LogP) is 1.74. The van der Waals surface area contributed by atoms with E-state index in [0.29, 0.717) is 12.5 Å². The third-order valence-electron chi connectivity index (χ3n) is 5.58. The van der Waals surface area contributed by atoms with Crippen LogP contribution in [-0.4, -0.2) is 72.7 Å². The number of piperazine rings is 1. The Hall–Kier alpha value is -1.59. The van der Waals surface area contributed by atoms with Gasteiger partial charge >= 0.3 is 0 Å². The highest BCUT2D eigenvalue weighted by atomic mass is 16.3. The molecule has 2 unspecified atom stereocenters. The van der Waals surface area contributed by atoms with Crippen molar-refractivity contribution < 1.29 is 9.90 Å². The molecule has 5 nitrogen and oxygen atoms in total. The molecule has 2 fully saturated rings. The van der Waals surface area contributed by atoms with Crippen LogP contribution in [0.1, 0.15) is 25.3 Å². The zero-order valence-corrected chi connectivity index (χ0v) is 15.5. The highest BCUT2D eigenvalue weighted by Gasteiger charge is 2.27. The minimum Gasteiger partial charge on any atom is -0.393 e. The van der Waals surface area contributed by atoms with Crippen LogP contribution in [0.25, 0.3) is 0 Å². The van der Waals surface area contributed by atoms with Gasteiger partial charge in [0.25, 0.3) is 0 Å². The first-order valence-electron chi connectivity index (χ1n) is 9.53. The van der Waals surface area contributed by atoms with Crippen molar-refractivity contribution in [3.63, 3.8) is 0 Å². The number of carbonyl (C=O) groups excluding carboxylic acids is 1. The van der Waals surface area contributed by atoms with Gasteiger partial charge in [-0.05, 0) is 56.8 Å². The molecule has 0 aliphatic carbocycles. The lowest BCUT2D eigenvalue weighted by Crippen LogP contribution is -2.52.